The lowest BCUT2D eigenvalue weighted by molar-refractivity contribution is 0.0278. The first kappa shape index (κ1) is 15.5. The van der Waals surface area contributed by atoms with E-state index in [0.29, 0.717) is 12.2 Å². The van der Waals surface area contributed by atoms with Crippen molar-refractivity contribution in [2.24, 2.45) is 13.0 Å². The Hall–Kier alpha value is -2.01. The molecule has 1 N–H and O–H groups in total. The number of aryl methyl sites for hydroxylation is 1. The molecule has 24 heavy (non-hydrogen) atoms. The molecule has 1 aromatic carbocycles. The van der Waals surface area contributed by atoms with Crippen molar-refractivity contribution in [3.05, 3.63) is 30.0 Å². The molecule has 1 saturated carbocycles. The summed E-state index contributed by atoms with van der Waals surface area (Å²) in [4.78, 5) is 14.9. The van der Waals surface area contributed by atoms with Crippen LogP contribution >= 0.6 is 0 Å². The largest absolute Gasteiger partial charge is 0.497 e. The van der Waals surface area contributed by atoms with Crippen LogP contribution in [-0.4, -0.2) is 46.3 Å². The molecular weight excluding hydrogens is 304 g/mol. The highest BCUT2D eigenvalue weighted by molar-refractivity contribution is 5.99. The van der Waals surface area contributed by atoms with Crippen molar-refractivity contribution in [2.75, 3.05) is 20.2 Å². The molecule has 1 unspecified atom stereocenters. The monoisotopic (exact) mass is 328 g/mol. The number of aliphatic hydroxyl groups is 1. The number of likely N-dealkylation sites (tertiary alicyclic amines) is 1. The zero-order chi connectivity index (χ0) is 16.9. The molecule has 1 saturated heterocycles. The molecule has 0 spiro atoms. The standard InChI is InChI=1S/C19H24N2O3/c1-20-16-6-5-15(24-2)10-13(16)11-17(20)18(22)21-9-3-4-14(12-21)19(23)7-8-19/h5-6,10-11,14,23H,3-4,7-9,12H2,1-2H3. The molecule has 2 heterocycles. The van der Waals surface area contributed by atoms with E-state index < -0.39 is 5.60 Å². The number of carbonyl (C=O) groups excluding carboxylic acids is 1. The van der Waals surface area contributed by atoms with Gasteiger partial charge in [0.1, 0.15) is 11.4 Å². The van der Waals surface area contributed by atoms with Crippen LogP contribution in [0.3, 0.4) is 0 Å². The van der Waals surface area contributed by atoms with Gasteiger partial charge in [0.2, 0.25) is 0 Å². The van der Waals surface area contributed by atoms with E-state index in [0.717, 1.165) is 48.9 Å². The van der Waals surface area contributed by atoms with Gasteiger partial charge < -0.3 is 19.3 Å². The molecule has 1 amide bonds. The highest BCUT2D eigenvalue weighted by Gasteiger charge is 2.49. The number of carbonyl (C=O) groups is 1. The van der Waals surface area contributed by atoms with Crippen LogP contribution in [0.2, 0.25) is 0 Å². The Morgan fingerprint density at radius 1 is 1.33 bits per heavy atom. The molecule has 1 aliphatic carbocycles. The van der Waals surface area contributed by atoms with Crippen LogP contribution < -0.4 is 4.74 Å². The number of nitrogens with zero attached hydrogens (tertiary/aromatic N) is 2. The molecule has 1 aromatic heterocycles. The van der Waals surface area contributed by atoms with Crippen molar-refractivity contribution in [3.63, 3.8) is 0 Å². The average Bonchev–Trinajstić information content (AvgIpc) is 3.28. The summed E-state index contributed by atoms with van der Waals surface area (Å²) in [5.41, 5.74) is 1.21. The predicted octanol–water partition coefficient (Wildman–Crippen LogP) is 2.56. The topological polar surface area (TPSA) is 54.7 Å². The smallest absolute Gasteiger partial charge is 0.270 e. The number of hydrogen-bond acceptors (Lipinski definition) is 3. The fourth-order valence-electron chi connectivity index (χ4n) is 3.96. The Morgan fingerprint density at radius 3 is 2.83 bits per heavy atom. The van der Waals surface area contributed by atoms with E-state index in [2.05, 4.69) is 0 Å². The van der Waals surface area contributed by atoms with Gasteiger partial charge in [0.15, 0.2) is 0 Å². The van der Waals surface area contributed by atoms with E-state index in [1.807, 2.05) is 40.8 Å². The van der Waals surface area contributed by atoms with Crippen molar-refractivity contribution in [3.8, 4) is 5.75 Å². The van der Waals surface area contributed by atoms with E-state index in [-0.39, 0.29) is 11.8 Å². The number of hydrogen-bond donors (Lipinski definition) is 1. The summed E-state index contributed by atoms with van der Waals surface area (Å²) in [6.07, 6.45) is 3.75. The normalized spacial score (nSPS) is 22.6. The summed E-state index contributed by atoms with van der Waals surface area (Å²) < 4.78 is 7.23. The minimum Gasteiger partial charge on any atom is -0.497 e. The molecule has 128 valence electrons. The summed E-state index contributed by atoms with van der Waals surface area (Å²) in [6, 6.07) is 7.79. The number of benzene rings is 1. The van der Waals surface area contributed by atoms with E-state index in [1.165, 1.54) is 0 Å². The molecule has 4 rings (SSSR count). The van der Waals surface area contributed by atoms with Gasteiger partial charge >= 0.3 is 0 Å². The zero-order valence-corrected chi connectivity index (χ0v) is 14.3. The Kier molecular flexibility index (Phi) is 3.57. The SMILES string of the molecule is COc1ccc2c(c1)cc(C(=O)N1CCCC(C3(O)CC3)C1)n2C. The third kappa shape index (κ3) is 2.47. The Labute approximate surface area is 141 Å². The van der Waals surface area contributed by atoms with Crippen LogP contribution in [0.1, 0.15) is 36.2 Å². The number of aromatic nitrogens is 1. The summed E-state index contributed by atoms with van der Waals surface area (Å²) in [6.45, 7) is 1.44. The number of ether oxygens (including phenoxy) is 1. The second-order valence-corrected chi connectivity index (χ2v) is 7.21. The molecule has 0 bridgehead atoms. The van der Waals surface area contributed by atoms with Crippen molar-refractivity contribution in [1.29, 1.82) is 0 Å². The lowest BCUT2D eigenvalue weighted by Crippen LogP contribution is -2.44. The third-order valence-corrected chi connectivity index (χ3v) is 5.70. The summed E-state index contributed by atoms with van der Waals surface area (Å²) in [5.74, 6) is 1.08. The molecule has 5 heteroatoms. The van der Waals surface area contributed by atoms with Crippen LogP contribution in [0.4, 0.5) is 0 Å². The highest BCUT2D eigenvalue weighted by atomic mass is 16.5. The molecule has 0 radical (unpaired) electrons. The van der Waals surface area contributed by atoms with Crippen LogP contribution in [0.15, 0.2) is 24.3 Å². The van der Waals surface area contributed by atoms with Crippen molar-refractivity contribution in [1.82, 2.24) is 9.47 Å². The Balaban J connectivity index is 1.61. The van der Waals surface area contributed by atoms with Gasteiger partial charge in [-0.05, 0) is 49.9 Å². The van der Waals surface area contributed by atoms with Gasteiger partial charge in [-0.2, -0.15) is 0 Å². The van der Waals surface area contributed by atoms with Crippen molar-refractivity contribution >= 4 is 16.8 Å². The van der Waals surface area contributed by atoms with Crippen LogP contribution in [0.25, 0.3) is 10.9 Å². The fourth-order valence-corrected chi connectivity index (χ4v) is 3.96. The average molecular weight is 328 g/mol. The Bertz CT molecular complexity index is 791. The van der Waals surface area contributed by atoms with Crippen LogP contribution in [0.5, 0.6) is 5.75 Å². The van der Waals surface area contributed by atoms with Gasteiger partial charge in [0.25, 0.3) is 5.91 Å². The number of fused-ring (bicyclic) bond motifs is 1. The lowest BCUT2D eigenvalue weighted by Gasteiger charge is -2.35. The first-order valence-electron chi connectivity index (χ1n) is 8.67. The van der Waals surface area contributed by atoms with Crippen molar-refractivity contribution in [2.45, 2.75) is 31.3 Å². The molecule has 1 aliphatic heterocycles. The first-order chi connectivity index (χ1) is 11.5. The number of methoxy groups -OCH3 is 1. The number of rotatable bonds is 3. The van der Waals surface area contributed by atoms with Crippen LogP contribution in [-0.2, 0) is 7.05 Å². The maximum atomic E-state index is 13.0. The van der Waals surface area contributed by atoms with Crippen LogP contribution in [0, 0.1) is 5.92 Å². The lowest BCUT2D eigenvalue weighted by atomic mass is 9.90. The highest BCUT2D eigenvalue weighted by Crippen LogP contribution is 2.45. The second-order valence-electron chi connectivity index (χ2n) is 7.21. The zero-order valence-electron chi connectivity index (χ0n) is 14.3. The van der Waals surface area contributed by atoms with Gasteiger partial charge in [-0.3, -0.25) is 4.79 Å². The van der Waals surface area contributed by atoms with Gasteiger partial charge in [-0.25, -0.2) is 0 Å². The second kappa shape index (κ2) is 5.52. The van der Waals surface area contributed by atoms with E-state index in [4.69, 9.17) is 4.74 Å². The predicted molar refractivity (Wildman–Crippen MR) is 92.3 cm³/mol. The quantitative estimate of drug-likeness (QED) is 0.942. The van der Waals surface area contributed by atoms with E-state index >= 15 is 0 Å². The van der Waals surface area contributed by atoms with Crippen molar-refractivity contribution < 1.29 is 14.6 Å². The molecule has 2 fully saturated rings. The first-order valence-corrected chi connectivity index (χ1v) is 8.67. The van der Waals surface area contributed by atoms with E-state index in [9.17, 15) is 9.90 Å². The number of amides is 1. The summed E-state index contributed by atoms with van der Waals surface area (Å²) >= 11 is 0. The summed E-state index contributed by atoms with van der Waals surface area (Å²) in [7, 11) is 3.57. The minimum absolute atomic E-state index is 0.0571. The van der Waals surface area contributed by atoms with Gasteiger partial charge in [-0.15, -0.1) is 0 Å². The molecule has 2 aliphatic rings. The summed E-state index contributed by atoms with van der Waals surface area (Å²) in [5, 5.41) is 11.4. The van der Waals surface area contributed by atoms with Gasteiger partial charge in [0, 0.05) is 37.0 Å². The fraction of sp³-hybridized carbons (Fsp3) is 0.526. The molecular formula is C19H24N2O3. The Morgan fingerprint density at radius 2 is 2.12 bits per heavy atom. The minimum atomic E-state index is -0.509. The maximum Gasteiger partial charge on any atom is 0.270 e. The molecule has 1 atom stereocenters. The molecule has 5 nitrogen and oxygen atoms in total. The maximum absolute atomic E-state index is 13.0. The number of piperidine rings is 1. The van der Waals surface area contributed by atoms with Gasteiger partial charge in [-0.1, -0.05) is 0 Å². The molecule has 2 aromatic rings. The van der Waals surface area contributed by atoms with E-state index in [1.54, 1.807) is 7.11 Å². The third-order valence-electron chi connectivity index (χ3n) is 5.70. The van der Waals surface area contributed by atoms with Gasteiger partial charge in [0.05, 0.1) is 12.7 Å².